The number of ether oxygens (including phenoxy) is 7. The number of carbonyl (C=O) groups is 3. The molecule has 21 atom stereocenters. The molecule has 15 N–H and O–H groups in total. The van der Waals surface area contributed by atoms with Crippen LogP contribution in [0.15, 0.2) is 0 Å². The van der Waals surface area contributed by atoms with Gasteiger partial charge in [-0.15, -0.1) is 0 Å². The second-order valence-corrected chi connectivity index (χ2v) is 15.6. The van der Waals surface area contributed by atoms with Crippen molar-refractivity contribution in [1.82, 2.24) is 10.6 Å². The number of rotatable bonds is 16. The van der Waals surface area contributed by atoms with Crippen LogP contribution in [0.2, 0.25) is 0 Å². The zero-order chi connectivity index (χ0) is 45.2. The highest BCUT2D eigenvalue weighted by Crippen LogP contribution is 2.39. The van der Waals surface area contributed by atoms with Crippen molar-refractivity contribution >= 4 is 28.2 Å². The van der Waals surface area contributed by atoms with Gasteiger partial charge in [0, 0.05) is 20.3 Å². The van der Waals surface area contributed by atoms with E-state index in [-0.39, 0.29) is 0 Å². The van der Waals surface area contributed by atoms with Gasteiger partial charge in [0.2, 0.25) is 11.8 Å². The lowest BCUT2D eigenvalue weighted by molar-refractivity contribution is -0.389. The predicted molar refractivity (Wildman–Crippen MR) is 183 cm³/mol. The van der Waals surface area contributed by atoms with E-state index in [1.807, 2.05) is 0 Å². The van der Waals surface area contributed by atoms with E-state index in [9.17, 15) is 88.6 Å². The van der Waals surface area contributed by atoms with Crippen LogP contribution < -0.4 is 10.6 Å². The second-order valence-electron chi connectivity index (χ2n) is 14.6. The number of nitrogens with one attached hydrogen (secondary N) is 2. The molecular weight excluding hydrogens is 848 g/mol. The van der Waals surface area contributed by atoms with Crippen molar-refractivity contribution in [3.05, 3.63) is 0 Å². The molecule has 2 amide bonds. The summed E-state index contributed by atoms with van der Waals surface area (Å²) in [5.74, 6) is -6.99. The second kappa shape index (κ2) is 20.4. The van der Waals surface area contributed by atoms with Crippen molar-refractivity contribution in [1.29, 1.82) is 0 Å². The summed E-state index contributed by atoms with van der Waals surface area (Å²) >= 11 is 0. The molecule has 4 aliphatic rings. The number of carboxylic acid groups (broad SMARTS) is 1. The molecule has 4 saturated heterocycles. The Morgan fingerprint density at radius 2 is 1.37 bits per heavy atom. The fraction of sp³-hybridized carbons (Fsp3) is 0.903. The van der Waals surface area contributed by atoms with Gasteiger partial charge in [0.25, 0.3) is 5.79 Å². The molecule has 4 rings (SSSR count). The van der Waals surface area contributed by atoms with Crippen LogP contribution >= 0.6 is 0 Å². The SMILES string of the molecule is CC(=O)N[C@H]1[C@H]([C@H](O)[C@H](O)CO)O[C@@](O[C@H]2[C@@H](O)[C@@H](CO)O[C@@H](O[C@H]3[C@H](O[C@@H]4O[C@@H](C)[C@@H](O)[C@@H](O)[C@@H]4O)[C@@H](COS(=O)(=O)O)OC(O)[C@@H]3NC(C)=O)[C@@H]2O)(C(=O)O)C[C@@H]1O. The first-order valence-corrected chi connectivity index (χ1v) is 19.6. The van der Waals surface area contributed by atoms with Crippen LogP contribution in [-0.4, -0.2) is 240 Å². The summed E-state index contributed by atoms with van der Waals surface area (Å²) in [4.78, 5) is 37.2. The molecular formula is C31H52N2O26S. The third-order valence-corrected chi connectivity index (χ3v) is 10.6. The first-order chi connectivity index (χ1) is 27.9. The fourth-order valence-electron chi connectivity index (χ4n) is 7.13. The smallest absolute Gasteiger partial charge is 0.397 e. The average Bonchev–Trinajstić information content (AvgIpc) is 3.16. The normalized spacial score (nSPS) is 43.7. The molecule has 0 bridgehead atoms. The van der Waals surface area contributed by atoms with Crippen molar-refractivity contribution in [2.45, 2.75) is 155 Å². The van der Waals surface area contributed by atoms with Gasteiger partial charge in [0.15, 0.2) is 18.9 Å². The van der Waals surface area contributed by atoms with Crippen molar-refractivity contribution in [3.8, 4) is 0 Å². The number of carbonyl (C=O) groups excluding carboxylic acids is 2. The topological polar surface area (TPSA) is 446 Å². The maximum atomic E-state index is 12.9. The molecule has 0 aromatic rings. The van der Waals surface area contributed by atoms with E-state index in [1.54, 1.807) is 0 Å². The molecule has 0 saturated carbocycles. The molecule has 348 valence electrons. The van der Waals surface area contributed by atoms with E-state index < -0.39 is 183 Å². The van der Waals surface area contributed by atoms with Gasteiger partial charge in [-0.3, -0.25) is 14.1 Å². The lowest BCUT2D eigenvalue weighted by atomic mass is 9.88. The number of hydrogen-bond acceptors (Lipinski definition) is 24. The highest BCUT2D eigenvalue weighted by molar-refractivity contribution is 7.80. The van der Waals surface area contributed by atoms with Crippen LogP contribution in [0.3, 0.4) is 0 Å². The maximum Gasteiger partial charge on any atom is 0.397 e. The maximum absolute atomic E-state index is 12.9. The number of amides is 2. The molecule has 1 unspecified atom stereocenters. The van der Waals surface area contributed by atoms with Crippen molar-refractivity contribution in [3.63, 3.8) is 0 Å². The minimum Gasteiger partial charge on any atom is -0.477 e. The summed E-state index contributed by atoms with van der Waals surface area (Å²) in [6.07, 6.45) is -37.6. The van der Waals surface area contributed by atoms with Crippen molar-refractivity contribution in [2.75, 3.05) is 19.8 Å². The Morgan fingerprint density at radius 1 is 0.783 bits per heavy atom. The molecule has 0 aliphatic carbocycles. The average molecular weight is 901 g/mol. The zero-order valence-corrected chi connectivity index (χ0v) is 32.7. The van der Waals surface area contributed by atoms with Crippen LogP contribution in [-0.2, 0) is 62.1 Å². The molecule has 4 heterocycles. The molecule has 4 aliphatic heterocycles. The predicted octanol–water partition coefficient (Wildman–Crippen LogP) is -9.40. The number of aliphatic hydroxyl groups is 11. The van der Waals surface area contributed by atoms with E-state index >= 15 is 0 Å². The van der Waals surface area contributed by atoms with Crippen molar-refractivity contribution < 1.29 is 126 Å². The number of aliphatic hydroxyl groups excluding tert-OH is 11. The minimum atomic E-state index is -5.26. The van der Waals surface area contributed by atoms with Gasteiger partial charge in [-0.25, -0.2) is 8.98 Å². The quantitative estimate of drug-likeness (QED) is 0.0640. The minimum absolute atomic E-state index is 0.819. The van der Waals surface area contributed by atoms with Gasteiger partial charge in [0.05, 0.1) is 38.1 Å². The number of hydrogen-bond donors (Lipinski definition) is 15. The standard InChI is InChI=1S/C31H52N2O26S/c1-8-17(40)20(43)21(44)28(53-8)56-23-14(7-52-60(49,50)51)54-27(46)16(33-10(3)37)25(23)57-29-22(45)26(19(42)13(6-35)55-29)59-31(30(47)48)4-11(38)15(32-9(2)36)24(58-31)18(41)12(39)5-34/h8,11-29,34-35,38-46H,4-7H2,1-3H3,(H,32,36)(H,33,37)(H,47,48)(H,49,50,51)/t8-,11-,12+,13+,14+,15+,16+,17+,18+,19-,20+,21-,22+,23+,24+,25+,26-,27?,28-,29-,31-/m0/s1. The summed E-state index contributed by atoms with van der Waals surface area (Å²) in [6.45, 7) is -0.272. The van der Waals surface area contributed by atoms with E-state index in [4.69, 9.17) is 33.2 Å². The lowest BCUT2D eigenvalue weighted by Gasteiger charge is -2.51. The van der Waals surface area contributed by atoms with Gasteiger partial charge >= 0.3 is 16.4 Å². The van der Waals surface area contributed by atoms with Crippen molar-refractivity contribution in [2.24, 2.45) is 0 Å². The van der Waals surface area contributed by atoms with Crippen LogP contribution in [0.1, 0.15) is 27.2 Å². The molecule has 0 spiro atoms. The first-order valence-electron chi connectivity index (χ1n) is 18.2. The molecule has 0 radical (unpaired) electrons. The summed E-state index contributed by atoms with van der Waals surface area (Å²) in [5.41, 5.74) is 0. The van der Waals surface area contributed by atoms with Gasteiger partial charge in [-0.05, 0) is 6.92 Å². The molecule has 60 heavy (non-hydrogen) atoms. The van der Waals surface area contributed by atoms with Crippen LogP contribution in [0.5, 0.6) is 0 Å². The van der Waals surface area contributed by atoms with Gasteiger partial charge in [-0.1, -0.05) is 0 Å². The lowest BCUT2D eigenvalue weighted by Crippen LogP contribution is -2.71. The highest BCUT2D eigenvalue weighted by Gasteiger charge is 2.61. The summed E-state index contributed by atoms with van der Waals surface area (Å²) in [7, 11) is -5.26. The largest absolute Gasteiger partial charge is 0.477 e. The Balaban J connectivity index is 1.76. The summed E-state index contributed by atoms with van der Waals surface area (Å²) in [5, 5.41) is 132. The Labute approximate surface area is 340 Å². The zero-order valence-electron chi connectivity index (χ0n) is 31.9. The Kier molecular flexibility index (Phi) is 17.1. The fourth-order valence-corrected chi connectivity index (χ4v) is 7.44. The van der Waals surface area contributed by atoms with Crippen LogP contribution in [0.4, 0.5) is 0 Å². The van der Waals surface area contributed by atoms with E-state index in [2.05, 4.69) is 14.8 Å². The first kappa shape index (κ1) is 50.2. The molecule has 0 aromatic carbocycles. The Morgan fingerprint density at radius 3 is 1.92 bits per heavy atom. The van der Waals surface area contributed by atoms with Crippen LogP contribution in [0.25, 0.3) is 0 Å². The summed E-state index contributed by atoms with van der Waals surface area (Å²) < 4.78 is 76.4. The molecule has 28 nitrogen and oxygen atoms in total. The highest BCUT2D eigenvalue weighted by atomic mass is 32.3. The van der Waals surface area contributed by atoms with Gasteiger partial charge in [0.1, 0.15) is 85.4 Å². The van der Waals surface area contributed by atoms with E-state index in [0.717, 1.165) is 13.8 Å². The summed E-state index contributed by atoms with van der Waals surface area (Å²) in [6, 6.07) is -3.49. The van der Waals surface area contributed by atoms with E-state index in [0.29, 0.717) is 0 Å². The third kappa shape index (κ3) is 11.4. The molecule has 0 aromatic heterocycles. The molecule has 4 fully saturated rings. The number of carboxylic acids is 1. The third-order valence-electron chi connectivity index (χ3n) is 10.1. The van der Waals surface area contributed by atoms with Gasteiger partial charge in [-0.2, -0.15) is 8.42 Å². The van der Waals surface area contributed by atoms with Crippen LogP contribution in [0, 0.1) is 0 Å². The number of aliphatic carboxylic acids is 1. The monoisotopic (exact) mass is 900 g/mol. The Bertz CT molecular complexity index is 1580. The Hall–Kier alpha value is -2.44. The van der Waals surface area contributed by atoms with E-state index in [1.165, 1.54) is 6.92 Å². The molecule has 29 heteroatoms. The van der Waals surface area contributed by atoms with Gasteiger partial charge < -0.3 is 105 Å².